The number of H-pyrrole nitrogens is 1. The quantitative estimate of drug-likeness (QED) is 0.606. The van der Waals surface area contributed by atoms with Gasteiger partial charge in [0.25, 0.3) is 0 Å². The minimum Gasteiger partial charge on any atom is -0.450 e. The van der Waals surface area contributed by atoms with E-state index in [9.17, 15) is 4.79 Å². The van der Waals surface area contributed by atoms with Crippen LogP contribution in [0.15, 0.2) is 73.2 Å². The van der Waals surface area contributed by atoms with Gasteiger partial charge in [-0.2, -0.15) is 0 Å². The molecule has 1 heterocycles. The summed E-state index contributed by atoms with van der Waals surface area (Å²) in [5.74, 6) is 0.0925. The van der Waals surface area contributed by atoms with Gasteiger partial charge >= 0.3 is 6.09 Å². The smallest absolute Gasteiger partial charge is 0.407 e. The van der Waals surface area contributed by atoms with Crippen molar-refractivity contribution in [1.82, 2.24) is 15.3 Å². The molecule has 0 aliphatic rings. The van der Waals surface area contributed by atoms with E-state index in [-0.39, 0.29) is 12.0 Å². The van der Waals surface area contributed by atoms with E-state index >= 15 is 0 Å². The molecule has 2 N–H and O–H groups in total. The number of benzene rings is 2. The number of ether oxygens (including phenoxy) is 1. The second-order valence-corrected chi connectivity index (χ2v) is 6.07. The number of aryl methyl sites for hydroxylation is 1. The van der Waals surface area contributed by atoms with Crippen LogP contribution in [-0.4, -0.2) is 29.2 Å². The van der Waals surface area contributed by atoms with Crippen LogP contribution in [0.2, 0.25) is 0 Å². The van der Waals surface area contributed by atoms with Crippen molar-refractivity contribution in [2.24, 2.45) is 0 Å². The first kappa shape index (κ1) is 17.7. The summed E-state index contributed by atoms with van der Waals surface area (Å²) in [5.41, 5.74) is 3.37. The van der Waals surface area contributed by atoms with Crippen LogP contribution < -0.4 is 5.32 Å². The molecule has 0 unspecified atom stereocenters. The van der Waals surface area contributed by atoms with Gasteiger partial charge in [0, 0.05) is 24.4 Å². The van der Waals surface area contributed by atoms with E-state index in [0.717, 1.165) is 18.5 Å². The summed E-state index contributed by atoms with van der Waals surface area (Å²) in [4.78, 5) is 19.0. The van der Waals surface area contributed by atoms with E-state index in [4.69, 9.17) is 4.74 Å². The molecular formula is C21H23N3O2. The number of nitrogens with one attached hydrogen (secondary N) is 2. The van der Waals surface area contributed by atoms with Crippen LogP contribution in [0.1, 0.15) is 29.2 Å². The normalized spacial score (nSPS) is 10.7. The molecule has 3 rings (SSSR count). The van der Waals surface area contributed by atoms with Gasteiger partial charge in [0.15, 0.2) is 0 Å². The van der Waals surface area contributed by atoms with E-state index in [1.807, 2.05) is 36.4 Å². The summed E-state index contributed by atoms with van der Waals surface area (Å²) in [5, 5.41) is 2.89. The molecule has 0 aliphatic heterocycles. The highest BCUT2D eigenvalue weighted by Gasteiger charge is 2.15. The number of hydrogen-bond donors (Lipinski definition) is 2. The largest absolute Gasteiger partial charge is 0.450 e. The van der Waals surface area contributed by atoms with Crippen LogP contribution in [0.3, 0.4) is 0 Å². The maximum absolute atomic E-state index is 12.0. The average molecular weight is 349 g/mol. The molecule has 1 amide bonds. The van der Waals surface area contributed by atoms with Gasteiger partial charge in [0.1, 0.15) is 0 Å². The zero-order chi connectivity index (χ0) is 18.0. The molecule has 0 aliphatic carbocycles. The average Bonchev–Trinajstić information content (AvgIpc) is 3.21. The number of aromatic nitrogens is 2. The van der Waals surface area contributed by atoms with Gasteiger partial charge in [0.2, 0.25) is 0 Å². The third-order valence-corrected chi connectivity index (χ3v) is 4.23. The van der Waals surface area contributed by atoms with Crippen LogP contribution in [0.25, 0.3) is 0 Å². The molecule has 134 valence electrons. The lowest BCUT2D eigenvalue weighted by Crippen LogP contribution is -2.29. The molecule has 5 nitrogen and oxygen atoms in total. The molecule has 0 saturated carbocycles. The van der Waals surface area contributed by atoms with Crippen molar-refractivity contribution in [3.8, 4) is 0 Å². The van der Waals surface area contributed by atoms with Gasteiger partial charge < -0.3 is 15.0 Å². The maximum Gasteiger partial charge on any atom is 0.407 e. The molecule has 0 bridgehead atoms. The lowest BCUT2D eigenvalue weighted by molar-refractivity contribution is 0.144. The Morgan fingerprint density at radius 3 is 2.27 bits per heavy atom. The first-order chi connectivity index (χ1) is 12.8. The zero-order valence-electron chi connectivity index (χ0n) is 14.6. The molecule has 0 saturated heterocycles. The monoisotopic (exact) mass is 349 g/mol. The predicted octanol–water partition coefficient (Wildman–Crippen LogP) is 3.90. The molecule has 5 heteroatoms. The van der Waals surface area contributed by atoms with Crippen molar-refractivity contribution in [3.63, 3.8) is 0 Å². The minimum atomic E-state index is -0.383. The fourth-order valence-electron chi connectivity index (χ4n) is 2.88. The second-order valence-electron chi connectivity index (χ2n) is 6.07. The number of alkyl carbamates (subject to hydrolysis) is 1. The highest BCUT2D eigenvalue weighted by atomic mass is 16.5. The minimum absolute atomic E-state index is 0.0925. The van der Waals surface area contributed by atoms with E-state index in [1.54, 1.807) is 12.5 Å². The molecule has 3 aromatic rings. The number of hydrogen-bond acceptors (Lipinski definition) is 3. The topological polar surface area (TPSA) is 67.0 Å². The Morgan fingerprint density at radius 1 is 1.04 bits per heavy atom. The third kappa shape index (κ3) is 5.21. The first-order valence-electron chi connectivity index (χ1n) is 8.80. The Morgan fingerprint density at radius 2 is 1.69 bits per heavy atom. The molecule has 2 aromatic carbocycles. The van der Waals surface area contributed by atoms with Gasteiger partial charge in [-0.15, -0.1) is 0 Å². The van der Waals surface area contributed by atoms with Crippen LogP contribution >= 0.6 is 0 Å². The van der Waals surface area contributed by atoms with Gasteiger partial charge in [-0.1, -0.05) is 60.7 Å². The van der Waals surface area contributed by atoms with E-state index in [0.29, 0.717) is 13.2 Å². The van der Waals surface area contributed by atoms with Crippen LogP contribution in [0, 0.1) is 0 Å². The fraction of sp³-hybridized carbons (Fsp3) is 0.238. The van der Waals surface area contributed by atoms with E-state index < -0.39 is 0 Å². The highest BCUT2D eigenvalue weighted by molar-refractivity contribution is 5.67. The summed E-state index contributed by atoms with van der Waals surface area (Å²) < 4.78 is 5.28. The summed E-state index contributed by atoms with van der Waals surface area (Å²) in [7, 11) is 0. The molecule has 0 spiro atoms. The molecular weight excluding hydrogens is 326 g/mol. The van der Waals surface area contributed by atoms with Crippen molar-refractivity contribution in [3.05, 3.63) is 90.0 Å². The molecule has 1 aromatic heterocycles. The zero-order valence-corrected chi connectivity index (χ0v) is 14.6. The number of carbonyl (C=O) groups is 1. The Bertz CT molecular complexity index is 734. The van der Waals surface area contributed by atoms with Gasteiger partial charge in [0.05, 0.1) is 12.9 Å². The Kier molecular flexibility index (Phi) is 6.42. The molecule has 0 radical (unpaired) electrons. The number of rotatable bonds is 8. The van der Waals surface area contributed by atoms with E-state index in [2.05, 4.69) is 39.6 Å². The van der Waals surface area contributed by atoms with Crippen LogP contribution in [0.5, 0.6) is 0 Å². The Labute approximate surface area is 153 Å². The van der Waals surface area contributed by atoms with Gasteiger partial charge in [-0.25, -0.2) is 9.78 Å². The van der Waals surface area contributed by atoms with Crippen molar-refractivity contribution < 1.29 is 9.53 Å². The molecule has 26 heavy (non-hydrogen) atoms. The number of imidazole rings is 1. The molecule has 0 fully saturated rings. The Balaban J connectivity index is 1.50. The standard InChI is InChI=1S/C21H23N3O2/c25-21(26-13-7-12-19-14-22-16-24-19)23-15-20(17-8-3-1-4-9-17)18-10-5-2-6-11-18/h1-6,8-11,14,16,20H,7,12-13,15H2,(H,22,24)(H,23,25). The van der Waals surface area contributed by atoms with Crippen molar-refractivity contribution in [2.75, 3.05) is 13.2 Å². The third-order valence-electron chi connectivity index (χ3n) is 4.23. The number of amides is 1. The van der Waals surface area contributed by atoms with Crippen molar-refractivity contribution in [2.45, 2.75) is 18.8 Å². The van der Waals surface area contributed by atoms with Crippen LogP contribution in [-0.2, 0) is 11.2 Å². The van der Waals surface area contributed by atoms with Crippen molar-refractivity contribution in [1.29, 1.82) is 0 Å². The first-order valence-corrected chi connectivity index (χ1v) is 8.80. The number of aromatic amines is 1. The van der Waals surface area contributed by atoms with Crippen molar-refractivity contribution >= 4 is 6.09 Å². The summed E-state index contributed by atoms with van der Waals surface area (Å²) >= 11 is 0. The van der Waals surface area contributed by atoms with Crippen LogP contribution in [0.4, 0.5) is 4.79 Å². The Hall–Kier alpha value is -3.08. The summed E-state index contributed by atoms with van der Waals surface area (Å²) in [6, 6.07) is 20.4. The lowest BCUT2D eigenvalue weighted by atomic mass is 9.91. The lowest BCUT2D eigenvalue weighted by Gasteiger charge is -2.18. The predicted molar refractivity (Wildman–Crippen MR) is 101 cm³/mol. The number of nitrogens with zero attached hydrogens (tertiary/aromatic N) is 1. The SMILES string of the molecule is O=C(NCC(c1ccccc1)c1ccccc1)OCCCc1cnc[nH]1. The van der Waals surface area contributed by atoms with E-state index in [1.165, 1.54) is 11.1 Å². The summed E-state index contributed by atoms with van der Waals surface area (Å²) in [6.45, 7) is 0.875. The van der Waals surface area contributed by atoms with Gasteiger partial charge in [-0.05, 0) is 24.0 Å². The molecule has 0 atom stereocenters. The fourth-order valence-corrected chi connectivity index (χ4v) is 2.88. The van der Waals surface area contributed by atoms with Gasteiger partial charge in [-0.3, -0.25) is 0 Å². The second kappa shape index (κ2) is 9.42. The maximum atomic E-state index is 12.0. The highest BCUT2D eigenvalue weighted by Crippen LogP contribution is 2.23. The number of carbonyl (C=O) groups excluding carboxylic acids is 1. The summed E-state index contributed by atoms with van der Waals surface area (Å²) in [6.07, 6.45) is 4.62.